The van der Waals surface area contributed by atoms with E-state index < -0.39 is 11.9 Å². The summed E-state index contributed by atoms with van der Waals surface area (Å²) in [5, 5.41) is 9.29. The summed E-state index contributed by atoms with van der Waals surface area (Å²) in [4.78, 5) is 30.1. The van der Waals surface area contributed by atoms with Crippen molar-refractivity contribution in [3.05, 3.63) is 15.0 Å². The molecule has 2 rings (SSSR count). The van der Waals surface area contributed by atoms with Crippen LogP contribution in [0.25, 0.3) is 0 Å². The van der Waals surface area contributed by atoms with E-state index in [1.54, 1.807) is 11.8 Å². The van der Waals surface area contributed by atoms with Gasteiger partial charge in [-0.3, -0.25) is 9.59 Å². The number of rotatable bonds is 3. The number of hydrogen-bond acceptors (Lipinski definition) is 4. The quantitative estimate of drug-likeness (QED) is 0.930. The molecule has 0 radical (unpaired) electrons. The van der Waals surface area contributed by atoms with E-state index in [0.29, 0.717) is 16.7 Å². The number of amides is 1. The van der Waals surface area contributed by atoms with E-state index in [4.69, 9.17) is 11.6 Å². The average molecular weight is 317 g/mol. The van der Waals surface area contributed by atoms with Crippen LogP contribution >= 0.6 is 22.9 Å². The Morgan fingerprint density at radius 2 is 2.10 bits per heavy atom. The molecule has 1 N–H and O–H groups in total. The topological polar surface area (TPSA) is 70.5 Å². The molecule has 2 heterocycles. The van der Waals surface area contributed by atoms with Crippen LogP contribution in [-0.4, -0.2) is 40.0 Å². The summed E-state index contributed by atoms with van der Waals surface area (Å²) in [6.45, 7) is 6.47. The second-order valence-corrected chi connectivity index (χ2v) is 7.22. The molecule has 7 heteroatoms. The first kappa shape index (κ1) is 15.3. The molecule has 1 aliphatic heterocycles. The molecule has 20 heavy (non-hydrogen) atoms. The maximum Gasteiger partial charge on any atom is 0.308 e. The van der Waals surface area contributed by atoms with E-state index in [0.717, 1.165) is 4.88 Å². The number of carbonyl (C=O) groups is 2. The van der Waals surface area contributed by atoms with Crippen LogP contribution in [0.3, 0.4) is 0 Å². The van der Waals surface area contributed by atoms with Crippen LogP contribution in [0.15, 0.2) is 0 Å². The van der Waals surface area contributed by atoms with E-state index in [1.807, 2.05) is 13.8 Å². The minimum Gasteiger partial charge on any atom is -0.481 e. The first-order valence-electron chi connectivity index (χ1n) is 6.46. The zero-order valence-corrected chi connectivity index (χ0v) is 13.2. The van der Waals surface area contributed by atoms with Crippen LogP contribution in [0.1, 0.15) is 29.2 Å². The normalized spacial score (nSPS) is 22.6. The Morgan fingerprint density at radius 1 is 1.45 bits per heavy atom. The summed E-state index contributed by atoms with van der Waals surface area (Å²) in [5.41, 5.74) is 0.341. The third-order valence-corrected chi connectivity index (χ3v) is 4.87. The third kappa shape index (κ3) is 2.81. The molecule has 110 valence electrons. The van der Waals surface area contributed by atoms with Crippen molar-refractivity contribution in [2.24, 2.45) is 17.8 Å². The number of carbonyl (C=O) groups excluding carboxylic acids is 1. The first-order valence-corrected chi connectivity index (χ1v) is 7.65. The van der Waals surface area contributed by atoms with Crippen LogP contribution in [0.4, 0.5) is 0 Å². The smallest absolute Gasteiger partial charge is 0.308 e. The maximum atomic E-state index is 12.4. The highest BCUT2D eigenvalue weighted by molar-refractivity contribution is 7.15. The number of carboxylic acid groups (broad SMARTS) is 1. The zero-order chi connectivity index (χ0) is 15.0. The lowest BCUT2D eigenvalue weighted by atomic mass is 9.86. The fourth-order valence-corrected chi connectivity index (χ4v) is 3.69. The molecule has 1 fully saturated rings. The molecule has 5 nitrogen and oxygen atoms in total. The van der Waals surface area contributed by atoms with Crippen molar-refractivity contribution in [3.8, 4) is 0 Å². The molecule has 1 aromatic rings. The van der Waals surface area contributed by atoms with Gasteiger partial charge in [-0.05, 0) is 18.8 Å². The summed E-state index contributed by atoms with van der Waals surface area (Å²) in [6, 6.07) is 0. The predicted molar refractivity (Wildman–Crippen MR) is 77.2 cm³/mol. The van der Waals surface area contributed by atoms with Crippen LogP contribution in [0.5, 0.6) is 0 Å². The van der Waals surface area contributed by atoms with Gasteiger partial charge in [0, 0.05) is 18.0 Å². The molecule has 0 unspecified atom stereocenters. The number of halogens is 1. The van der Waals surface area contributed by atoms with Gasteiger partial charge in [-0.1, -0.05) is 25.4 Å². The first-order chi connectivity index (χ1) is 9.31. The van der Waals surface area contributed by atoms with Gasteiger partial charge in [-0.15, -0.1) is 11.3 Å². The summed E-state index contributed by atoms with van der Waals surface area (Å²) in [7, 11) is 0. The SMILES string of the molecule is Cc1sc(Cl)nc1C(=O)N1C[C@@H](C(=O)O)[C@H](C(C)C)C1. The Bertz CT molecular complexity index is 544. The lowest BCUT2D eigenvalue weighted by Crippen LogP contribution is -2.30. The number of aromatic nitrogens is 1. The number of aryl methyl sites for hydroxylation is 1. The van der Waals surface area contributed by atoms with Crippen LogP contribution in [0, 0.1) is 24.7 Å². The van der Waals surface area contributed by atoms with Gasteiger partial charge in [0.05, 0.1) is 5.92 Å². The van der Waals surface area contributed by atoms with E-state index in [-0.39, 0.29) is 24.3 Å². The summed E-state index contributed by atoms with van der Waals surface area (Å²) in [6.07, 6.45) is 0. The Labute approximate surface area is 126 Å². The molecule has 0 aromatic carbocycles. The van der Waals surface area contributed by atoms with Crippen molar-refractivity contribution in [1.29, 1.82) is 0 Å². The van der Waals surface area contributed by atoms with Gasteiger partial charge in [0.2, 0.25) is 0 Å². The predicted octanol–water partition coefficient (Wildman–Crippen LogP) is 2.53. The molecule has 1 aromatic heterocycles. The molecular weight excluding hydrogens is 300 g/mol. The van der Waals surface area contributed by atoms with Gasteiger partial charge in [-0.25, -0.2) is 4.98 Å². The van der Waals surface area contributed by atoms with Crippen molar-refractivity contribution in [2.45, 2.75) is 20.8 Å². The minimum atomic E-state index is -0.841. The molecule has 1 saturated heterocycles. The van der Waals surface area contributed by atoms with Crippen molar-refractivity contribution in [2.75, 3.05) is 13.1 Å². The highest BCUT2D eigenvalue weighted by Crippen LogP contribution is 2.32. The van der Waals surface area contributed by atoms with Crippen LogP contribution in [0.2, 0.25) is 4.47 Å². The lowest BCUT2D eigenvalue weighted by Gasteiger charge is -2.18. The summed E-state index contributed by atoms with van der Waals surface area (Å²) in [5.74, 6) is -1.37. The number of carboxylic acids is 1. The monoisotopic (exact) mass is 316 g/mol. The fourth-order valence-electron chi connectivity index (χ4n) is 2.64. The van der Waals surface area contributed by atoms with E-state index >= 15 is 0 Å². The number of aliphatic carboxylic acids is 1. The van der Waals surface area contributed by atoms with E-state index in [1.165, 1.54) is 11.3 Å². The second kappa shape index (κ2) is 5.69. The largest absolute Gasteiger partial charge is 0.481 e. The lowest BCUT2D eigenvalue weighted by molar-refractivity contribution is -0.142. The fraction of sp³-hybridized carbons (Fsp3) is 0.615. The van der Waals surface area contributed by atoms with Crippen molar-refractivity contribution in [1.82, 2.24) is 9.88 Å². The summed E-state index contributed by atoms with van der Waals surface area (Å²) < 4.78 is 0.334. The van der Waals surface area contributed by atoms with E-state index in [2.05, 4.69) is 4.98 Å². The highest BCUT2D eigenvalue weighted by Gasteiger charge is 2.41. The summed E-state index contributed by atoms with van der Waals surface area (Å²) >= 11 is 7.08. The Balaban J connectivity index is 2.20. The number of likely N-dealkylation sites (tertiary alicyclic amines) is 1. The Hall–Kier alpha value is -1.14. The van der Waals surface area contributed by atoms with Gasteiger partial charge in [-0.2, -0.15) is 0 Å². The number of hydrogen-bond donors (Lipinski definition) is 1. The molecule has 0 saturated carbocycles. The Morgan fingerprint density at radius 3 is 2.50 bits per heavy atom. The number of thiazole rings is 1. The molecule has 2 atom stereocenters. The number of nitrogens with zero attached hydrogens (tertiary/aromatic N) is 2. The average Bonchev–Trinajstić information content (AvgIpc) is 2.92. The minimum absolute atomic E-state index is 0.0223. The Kier molecular flexibility index (Phi) is 4.34. The molecule has 1 amide bonds. The van der Waals surface area contributed by atoms with Gasteiger partial charge < -0.3 is 10.0 Å². The second-order valence-electron chi connectivity index (χ2n) is 5.43. The molecule has 0 bridgehead atoms. The van der Waals surface area contributed by atoms with Gasteiger partial charge in [0.1, 0.15) is 5.69 Å². The van der Waals surface area contributed by atoms with Gasteiger partial charge >= 0.3 is 5.97 Å². The van der Waals surface area contributed by atoms with Gasteiger partial charge in [0.15, 0.2) is 4.47 Å². The van der Waals surface area contributed by atoms with Crippen molar-refractivity contribution in [3.63, 3.8) is 0 Å². The molecular formula is C13H17ClN2O3S. The highest BCUT2D eigenvalue weighted by atomic mass is 35.5. The third-order valence-electron chi connectivity index (χ3n) is 3.80. The molecule has 1 aliphatic rings. The van der Waals surface area contributed by atoms with E-state index in [9.17, 15) is 14.7 Å². The van der Waals surface area contributed by atoms with Crippen LogP contribution < -0.4 is 0 Å². The van der Waals surface area contributed by atoms with Crippen LogP contribution in [-0.2, 0) is 4.79 Å². The standard InChI is InChI=1S/C13H17ClN2O3S/c1-6(2)8-4-16(5-9(8)12(18)19)11(17)10-7(3)20-13(14)15-10/h6,8-9H,4-5H2,1-3H3,(H,18,19)/t8-,9+/m0/s1. The molecule has 0 spiro atoms. The zero-order valence-electron chi connectivity index (χ0n) is 11.6. The van der Waals surface area contributed by atoms with Crippen molar-refractivity contribution >= 4 is 34.8 Å². The maximum absolute atomic E-state index is 12.4. The van der Waals surface area contributed by atoms with Gasteiger partial charge in [0.25, 0.3) is 5.91 Å². The van der Waals surface area contributed by atoms with Crippen molar-refractivity contribution < 1.29 is 14.7 Å². The molecule has 0 aliphatic carbocycles.